The summed E-state index contributed by atoms with van der Waals surface area (Å²) < 4.78 is 0. The van der Waals surface area contributed by atoms with Gasteiger partial charge in [-0.3, -0.25) is 0 Å². The van der Waals surface area contributed by atoms with Crippen LogP contribution in [0.4, 0.5) is 5.82 Å². The largest absolute Gasteiger partial charge is 0.353 e. The van der Waals surface area contributed by atoms with Gasteiger partial charge < -0.3 is 10.6 Å². The molecule has 19 heavy (non-hydrogen) atoms. The van der Waals surface area contributed by atoms with Gasteiger partial charge >= 0.3 is 0 Å². The summed E-state index contributed by atoms with van der Waals surface area (Å²) in [5, 5.41) is 0. The first kappa shape index (κ1) is 14.3. The molecule has 3 heteroatoms. The van der Waals surface area contributed by atoms with Crippen LogP contribution in [0.3, 0.4) is 0 Å². The topological polar surface area (TPSA) is 42.2 Å². The molecule has 2 N–H and O–H groups in total. The van der Waals surface area contributed by atoms with E-state index in [9.17, 15) is 0 Å². The van der Waals surface area contributed by atoms with E-state index in [1.807, 2.05) is 0 Å². The Morgan fingerprint density at radius 1 is 1.32 bits per heavy atom. The summed E-state index contributed by atoms with van der Waals surface area (Å²) >= 11 is 0. The Labute approximate surface area is 117 Å². The molecule has 1 aliphatic carbocycles. The summed E-state index contributed by atoms with van der Waals surface area (Å²) in [6.45, 7) is 8.30. The van der Waals surface area contributed by atoms with Gasteiger partial charge in [0, 0.05) is 24.8 Å². The maximum Gasteiger partial charge on any atom is 0.129 e. The molecule has 0 unspecified atom stereocenters. The number of aryl methyl sites for hydroxylation is 1. The lowest BCUT2D eigenvalue weighted by atomic mass is 10.1. The molecule has 0 bridgehead atoms. The van der Waals surface area contributed by atoms with Crippen molar-refractivity contribution in [1.82, 2.24) is 4.98 Å². The fraction of sp³-hybridized carbons (Fsp3) is 0.688. The zero-order valence-electron chi connectivity index (χ0n) is 12.5. The molecule has 1 aliphatic rings. The molecule has 0 spiro atoms. The lowest BCUT2D eigenvalue weighted by Crippen LogP contribution is -2.37. The van der Waals surface area contributed by atoms with Crippen molar-refractivity contribution >= 4 is 5.82 Å². The first-order chi connectivity index (χ1) is 9.11. The van der Waals surface area contributed by atoms with E-state index in [1.54, 1.807) is 0 Å². The number of nitrogens with two attached hydrogens (primary N) is 1. The van der Waals surface area contributed by atoms with E-state index < -0.39 is 0 Å². The van der Waals surface area contributed by atoms with E-state index >= 15 is 0 Å². The summed E-state index contributed by atoms with van der Waals surface area (Å²) in [5.41, 5.74) is 7.95. The third-order valence-electron chi connectivity index (χ3n) is 4.02. The van der Waals surface area contributed by atoms with Crippen molar-refractivity contribution in [3.05, 3.63) is 23.4 Å². The number of pyridine rings is 1. The van der Waals surface area contributed by atoms with Gasteiger partial charge in [0.25, 0.3) is 0 Å². The third kappa shape index (κ3) is 3.47. The molecule has 0 atom stereocenters. The predicted octanol–water partition coefficient (Wildman–Crippen LogP) is 3.25. The number of hydrogen-bond donors (Lipinski definition) is 1. The van der Waals surface area contributed by atoms with E-state index in [0.717, 1.165) is 23.6 Å². The van der Waals surface area contributed by atoms with Gasteiger partial charge in [0.2, 0.25) is 0 Å². The number of hydrogen-bond acceptors (Lipinski definition) is 3. The van der Waals surface area contributed by atoms with Crippen molar-refractivity contribution in [3.8, 4) is 0 Å². The summed E-state index contributed by atoms with van der Waals surface area (Å²) in [4.78, 5) is 7.31. The Bertz CT molecular complexity index is 408. The fourth-order valence-corrected chi connectivity index (χ4v) is 2.99. The number of aromatic nitrogens is 1. The molecular weight excluding hydrogens is 234 g/mol. The molecule has 0 aliphatic heterocycles. The highest BCUT2D eigenvalue weighted by atomic mass is 15.2. The molecule has 1 fully saturated rings. The van der Waals surface area contributed by atoms with Gasteiger partial charge in [0.1, 0.15) is 5.82 Å². The molecule has 2 rings (SSSR count). The number of nitrogens with zero attached hydrogens (tertiary/aromatic N) is 2. The third-order valence-corrected chi connectivity index (χ3v) is 4.02. The smallest absolute Gasteiger partial charge is 0.129 e. The highest BCUT2D eigenvalue weighted by molar-refractivity contribution is 5.43. The molecule has 0 saturated heterocycles. The summed E-state index contributed by atoms with van der Waals surface area (Å²) in [6.07, 6.45) is 5.34. The molecule has 1 aromatic heterocycles. The van der Waals surface area contributed by atoms with Crippen LogP contribution in [0.2, 0.25) is 0 Å². The fourth-order valence-electron chi connectivity index (χ4n) is 2.99. The van der Waals surface area contributed by atoms with Gasteiger partial charge in [-0.1, -0.05) is 32.8 Å². The van der Waals surface area contributed by atoms with E-state index in [4.69, 9.17) is 10.7 Å². The Hall–Kier alpha value is -1.09. The van der Waals surface area contributed by atoms with Crippen molar-refractivity contribution in [3.63, 3.8) is 0 Å². The van der Waals surface area contributed by atoms with Crippen LogP contribution < -0.4 is 10.6 Å². The van der Waals surface area contributed by atoms with E-state index in [2.05, 4.69) is 37.8 Å². The molecule has 1 saturated carbocycles. The normalized spacial score (nSPS) is 16.3. The summed E-state index contributed by atoms with van der Waals surface area (Å²) in [5.74, 6) is 1.80. The molecular formula is C16H27N3. The second-order valence-corrected chi connectivity index (χ2v) is 6.10. The second kappa shape index (κ2) is 6.38. The molecule has 3 nitrogen and oxygen atoms in total. The van der Waals surface area contributed by atoms with Crippen molar-refractivity contribution in [1.29, 1.82) is 0 Å². The highest BCUT2D eigenvalue weighted by Crippen LogP contribution is 2.28. The zero-order valence-corrected chi connectivity index (χ0v) is 12.5. The molecule has 1 heterocycles. The van der Waals surface area contributed by atoms with Crippen LogP contribution in [-0.4, -0.2) is 17.6 Å². The Balaban J connectivity index is 2.23. The summed E-state index contributed by atoms with van der Waals surface area (Å²) in [7, 11) is 0. The number of rotatable bonds is 5. The Morgan fingerprint density at radius 2 is 2.00 bits per heavy atom. The molecule has 1 aromatic rings. The SMILES string of the molecule is Cc1nc(N(CC(C)C)C2CCCC2)ccc1CN. The van der Waals surface area contributed by atoms with Crippen LogP contribution in [0.15, 0.2) is 12.1 Å². The van der Waals surface area contributed by atoms with Gasteiger partial charge in [0.05, 0.1) is 0 Å². The van der Waals surface area contributed by atoms with Crippen LogP contribution in [0, 0.1) is 12.8 Å². The zero-order chi connectivity index (χ0) is 13.8. The monoisotopic (exact) mass is 261 g/mol. The predicted molar refractivity (Wildman–Crippen MR) is 81.3 cm³/mol. The van der Waals surface area contributed by atoms with Crippen molar-refractivity contribution in [2.24, 2.45) is 11.7 Å². The maximum atomic E-state index is 5.73. The lowest BCUT2D eigenvalue weighted by Gasteiger charge is -2.32. The minimum Gasteiger partial charge on any atom is -0.353 e. The van der Waals surface area contributed by atoms with Crippen molar-refractivity contribution in [2.45, 2.75) is 59.0 Å². The van der Waals surface area contributed by atoms with Crippen LogP contribution in [0.5, 0.6) is 0 Å². The van der Waals surface area contributed by atoms with Crippen molar-refractivity contribution < 1.29 is 0 Å². The molecule has 0 radical (unpaired) electrons. The van der Waals surface area contributed by atoms with Gasteiger partial charge in [-0.2, -0.15) is 0 Å². The van der Waals surface area contributed by atoms with E-state index in [0.29, 0.717) is 18.5 Å². The van der Waals surface area contributed by atoms with Gasteiger partial charge in [-0.25, -0.2) is 4.98 Å². The van der Waals surface area contributed by atoms with Crippen LogP contribution >= 0.6 is 0 Å². The number of anilines is 1. The molecule has 0 amide bonds. The average molecular weight is 261 g/mol. The quantitative estimate of drug-likeness (QED) is 0.884. The Kier molecular flexibility index (Phi) is 4.81. The van der Waals surface area contributed by atoms with Crippen LogP contribution in [-0.2, 0) is 6.54 Å². The molecule has 106 valence electrons. The highest BCUT2D eigenvalue weighted by Gasteiger charge is 2.24. The second-order valence-electron chi connectivity index (χ2n) is 6.10. The van der Waals surface area contributed by atoms with E-state index in [1.165, 1.54) is 25.7 Å². The van der Waals surface area contributed by atoms with Crippen LogP contribution in [0.25, 0.3) is 0 Å². The standard InChI is InChI=1S/C16H27N3/c1-12(2)11-19(15-6-4-5-7-15)16-9-8-14(10-17)13(3)18-16/h8-9,12,15H,4-7,10-11,17H2,1-3H3. The average Bonchev–Trinajstić information content (AvgIpc) is 2.89. The van der Waals surface area contributed by atoms with Crippen molar-refractivity contribution in [2.75, 3.05) is 11.4 Å². The summed E-state index contributed by atoms with van der Waals surface area (Å²) in [6, 6.07) is 4.97. The Morgan fingerprint density at radius 3 is 2.53 bits per heavy atom. The maximum absolute atomic E-state index is 5.73. The first-order valence-corrected chi connectivity index (χ1v) is 7.55. The van der Waals surface area contributed by atoms with Crippen LogP contribution in [0.1, 0.15) is 50.8 Å². The van der Waals surface area contributed by atoms with Gasteiger partial charge in [-0.15, -0.1) is 0 Å². The van der Waals surface area contributed by atoms with Gasteiger partial charge in [0.15, 0.2) is 0 Å². The first-order valence-electron chi connectivity index (χ1n) is 7.55. The van der Waals surface area contributed by atoms with E-state index in [-0.39, 0.29) is 0 Å². The molecule has 0 aromatic carbocycles. The minimum atomic E-state index is 0.576. The lowest BCUT2D eigenvalue weighted by molar-refractivity contribution is 0.530. The van der Waals surface area contributed by atoms with Gasteiger partial charge in [-0.05, 0) is 37.3 Å². The minimum absolute atomic E-state index is 0.576.